The number of nitrogens with one attached hydrogen (secondary N) is 1. The Bertz CT molecular complexity index is 780. The minimum absolute atomic E-state index is 0.205. The molecule has 0 radical (unpaired) electrons. The van der Waals surface area contributed by atoms with Crippen LogP contribution in [0.2, 0.25) is 0 Å². The quantitative estimate of drug-likeness (QED) is 0.546. The fraction of sp³-hybridized carbons (Fsp3) is 0.412. The van der Waals surface area contributed by atoms with Crippen LogP contribution in [0.3, 0.4) is 0 Å². The fourth-order valence-electron chi connectivity index (χ4n) is 2.02. The van der Waals surface area contributed by atoms with Gasteiger partial charge in [0.15, 0.2) is 11.6 Å². The first-order valence-electron chi connectivity index (χ1n) is 8.35. The lowest BCUT2D eigenvalue weighted by Gasteiger charge is -2.02. The van der Waals surface area contributed by atoms with E-state index in [4.69, 9.17) is 15.2 Å². The first kappa shape index (κ1) is 21.7. The summed E-state index contributed by atoms with van der Waals surface area (Å²) < 4.78 is 12.7. The third-order valence-corrected chi connectivity index (χ3v) is 3.09. The second kappa shape index (κ2) is 10.6. The third-order valence-electron chi connectivity index (χ3n) is 3.09. The van der Waals surface area contributed by atoms with E-state index < -0.39 is 5.97 Å². The van der Waals surface area contributed by atoms with Gasteiger partial charge in [0.05, 0.1) is 13.2 Å². The number of ether oxygens (including phenoxy) is 2. The van der Waals surface area contributed by atoms with Crippen LogP contribution >= 0.6 is 0 Å². The van der Waals surface area contributed by atoms with Crippen molar-refractivity contribution in [1.29, 1.82) is 0 Å². The van der Waals surface area contributed by atoms with Crippen LogP contribution < -0.4 is 11.1 Å². The van der Waals surface area contributed by atoms with E-state index in [1.165, 1.54) is 10.9 Å². The zero-order valence-corrected chi connectivity index (χ0v) is 16.1. The summed E-state index contributed by atoms with van der Waals surface area (Å²) in [6.45, 7) is 8.34. The van der Waals surface area contributed by atoms with Gasteiger partial charge < -0.3 is 20.5 Å². The van der Waals surface area contributed by atoms with Crippen molar-refractivity contribution in [2.24, 2.45) is 14.1 Å². The fourth-order valence-corrected chi connectivity index (χ4v) is 2.02. The van der Waals surface area contributed by atoms with Gasteiger partial charge in [0.25, 0.3) is 0 Å². The van der Waals surface area contributed by atoms with Gasteiger partial charge in [-0.2, -0.15) is 10.2 Å². The van der Waals surface area contributed by atoms with Crippen LogP contribution in [-0.4, -0.2) is 51.3 Å². The zero-order chi connectivity index (χ0) is 20.4. The average Bonchev–Trinajstić information content (AvgIpc) is 3.15. The van der Waals surface area contributed by atoms with Crippen molar-refractivity contribution in [3.63, 3.8) is 0 Å². The monoisotopic (exact) mass is 378 g/mol. The van der Waals surface area contributed by atoms with E-state index in [-0.39, 0.29) is 11.8 Å². The molecule has 2 aromatic rings. The zero-order valence-electron chi connectivity index (χ0n) is 16.1. The molecule has 0 atom stereocenters. The van der Waals surface area contributed by atoms with Gasteiger partial charge in [-0.05, 0) is 13.8 Å². The molecule has 10 nitrogen and oxygen atoms in total. The molecule has 2 rings (SSSR count). The SMILES string of the molecule is C=CCNc1nn(C)cc1C(=O)OCC.CCOC(=O)c1cn(C)nc1N. The molecule has 0 unspecified atom stereocenters. The van der Waals surface area contributed by atoms with Gasteiger partial charge in [-0.15, -0.1) is 6.58 Å². The van der Waals surface area contributed by atoms with Crippen molar-refractivity contribution in [1.82, 2.24) is 19.6 Å². The number of rotatable bonds is 7. The molecule has 0 amide bonds. The molecule has 0 bridgehead atoms. The number of hydrogen-bond donors (Lipinski definition) is 2. The summed E-state index contributed by atoms with van der Waals surface area (Å²) in [5.41, 5.74) is 6.20. The van der Waals surface area contributed by atoms with Gasteiger partial charge in [0, 0.05) is 33.0 Å². The van der Waals surface area contributed by atoms with Crippen molar-refractivity contribution < 1.29 is 19.1 Å². The molecule has 0 aliphatic heterocycles. The van der Waals surface area contributed by atoms with Crippen molar-refractivity contribution in [3.05, 3.63) is 36.2 Å². The summed E-state index contributed by atoms with van der Waals surface area (Å²) in [4.78, 5) is 22.6. The van der Waals surface area contributed by atoms with Crippen LogP contribution in [0, 0.1) is 0 Å². The summed E-state index contributed by atoms with van der Waals surface area (Å²) in [6, 6.07) is 0. The number of nitrogens with two attached hydrogens (primary N) is 1. The van der Waals surface area contributed by atoms with Gasteiger partial charge in [-0.25, -0.2) is 9.59 Å². The van der Waals surface area contributed by atoms with Crippen LogP contribution in [0.4, 0.5) is 11.6 Å². The molecule has 3 N–H and O–H groups in total. The topological polar surface area (TPSA) is 126 Å². The predicted molar refractivity (Wildman–Crippen MR) is 101 cm³/mol. The lowest BCUT2D eigenvalue weighted by molar-refractivity contribution is 0.0517. The number of carbonyl (C=O) groups excluding carboxylic acids is 2. The molecule has 27 heavy (non-hydrogen) atoms. The second-order valence-corrected chi connectivity index (χ2v) is 5.28. The van der Waals surface area contributed by atoms with Crippen molar-refractivity contribution >= 4 is 23.6 Å². The second-order valence-electron chi connectivity index (χ2n) is 5.28. The molecule has 2 aromatic heterocycles. The Kier molecular flexibility index (Phi) is 8.57. The minimum Gasteiger partial charge on any atom is -0.462 e. The standard InChI is InChI=1S/C10H15N3O2.C7H11N3O2/c1-4-6-11-9-8(7-13(3)12-9)10(14)15-5-2;1-3-12-7(11)5-4-10(2)9-6(5)8/h4,7H,1,5-6H2,2-3H3,(H,11,12);4H,3H2,1-2H3,(H2,8,9). The molecule has 0 aromatic carbocycles. The summed E-state index contributed by atoms with van der Waals surface area (Å²) in [6.07, 6.45) is 4.86. The summed E-state index contributed by atoms with van der Waals surface area (Å²) in [7, 11) is 3.45. The van der Waals surface area contributed by atoms with Crippen LogP contribution in [0.25, 0.3) is 0 Å². The molecule has 0 spiro atoms. The number of nitrogen functional groups attached to an aromatic ring is 1. The Morgan fingerprint density at radius 2 is 1.63 bits per heavy atom. The van der Waals surface area contributed by atoms with Crippen molar-refractivity contribution in [2.45, 2.75) is 13.8 Å². The van der Waals surface area contributed by atoms with Gasteiger partial charge >= 0.3 is 11.9 Å². The molecular weight excluding hydrogens is 352 g/mol. The predicted octanol–water partition coefficient (Wildman–Crippen LogP) is 1.37. The summed E-state index contributed by atoms with van der Waals surface area (Å²) >= 11 is 0. The van der Waals surface area contributed by atoms with E-state index in [0.29, 0.717) is 36.7 Å². The van der Waals surface area contributed by atoms with Crippen LogP contribution in [0.15, 0.2) is 25.0 Å². The number of hydrogen-bond acceptors (Lipinski definition) is 8. The highest BCUT2D eigenvalue weighted by Crippen LogP contribution is 2.13. The molecule has 0 aliphatic carbocycles. The highest BCUT2D eigenvalue weighted by atomic mass is 16.5. The van der Waals surface area contributed by atoms with E-state index in [1.807, 2.05) is 0 Å². The van der Waals surface area contributed by atoms with Crippen molar-refractivity contribution in [3.8, 4) is 0 Å². The normalized spacial score (nSPS) is 9.78. The third kappa shape index (κ3) is 6.49. The first-order valence-corrected chi connectivity index (χ1v) is 8.35. The minimum atomic E-state index is -0.428. The molecule has 0 fully saturated rings. The van der Waals surface area contributed by atoms with E-state index in [0.717, 1.165) is 0 Å². The van der Waals surface area contributed by atoms with Gasteiger partial charge in [-0.3, -0.25) is 9.36 Å². The first-order chi connectivity index (χ1) is 12.8. The number of anilines is 2. The number of nitrogens with zero attached hydrogens (tertiary/aromatic N) is 4. The average molecular weight is 378 g/mol. The van der Waals surface area contributed by atoms with E-state index in [9.17, 15) is 9.59 Å². The smallest absolute Gasteiger partial charge is 0.343 e. The maximum Gasteiger partial charge on any atom is 0.343 e. The molecule has 0 saturated heterocycles. The molecular formula is C17H26N6O4. The van der Waals surface area contributed by atoms with E-state index in [2.05, 4.69) is 22.1 Å². The number of aryl methyl sites for hydroxylation is 2. The van der Waals surface area contributed by atoms with E-state index in [1.54, 1.807) is 44.9 Å². The Morgan fingerprint density at radius 3 is 2.11 bits per heavy atom. The lowest BCUT2D eigenvalue weighted by atomic mass is 10.3. The van der Waals surface area contributed by atoms with Crippen LogP contribution in [0.1, 0.15) is 34.6 Å². The van der Waals surface area contributed by atoms with Crippen LogP contribution in [0.5, 0.6) is 0 Å². The number of esters is 2. The Balaban J connectivity index is 0.000000277. The van der Waals surface area contributed by atoms with Gasteiger partial charge in [0.1, 0.15) is 11.1 Å². The molecule has 148 valence electrons. The maximum absolute atomic E-state index is 11.5. The van der Waals surface area contributed by atoms with Crippen LogP contribution in [-0.2, 0) is 23.6 Å². The highest BCUT2D eigenvalue weighted by Gasteiger charge is 2.16. The number of carbonyl (C=O) groups is 2. The Labute approximate surface area is 157 Å². The maximum atomic E-state index is 11.5. The Morgan fingerprint density at radius 1 is 1.11 bits per heavy atom. The molecule has 2 heterocycles. The largest absolute Gasteiger partial charge is 0.462 e. The molecule has 10 heteroatoms. The number of aromatic nitrogens is 4. The highest BCUT2D eigenvalue weighted by molar-refractivity contribution is 5.94. The summed E-state index contributed by atoms with van der Waals surface area (Å²) in [5.74, 6) is -0.0629. The molecule has 0 saturated carbocycles. The lowest BCUT2D eigenvalue weighted by Crippen LogP contribution is -2.08. The van der Waals surface area contributed by atoms with Gasteiger partial charge in [-0.1, -0.05) is 6.08 Å². The Hall–Kier alpha value is -3.30. The molecule has 0 aliphatic rings. The summed E-state index contributed by atoms with van der Waals surface area (Å²) in [5, 5.41) is 10.9. The van der Waals surface area contributed by atoms with Crippen molar-refractivity contribution in [2.75, 3.05) is 30.8 Å². The van der Waals surface area contributed by atoms with Gasteiger partial charge in [0.2, 0.25) is 0 Å². The van der Waals surface area contributed by atoms with E-state index >= 15 is 0 Å².